The molecule has 0 atom stereocenters. The molecule has 0 fully saturated rings. The molecule has 0 spiro atoms. The summed E-state index contributed by atoms with van der Waals surface area (Å²) in [6.07, 6.45) is 5.74. The molecule has 2 aromatic heterocycles. The van der Waals surface area contributed by atoms with Crippen molar-refractivity contribution >= 4 is 27.8 Å². The van der Waals surface area contributed by atoms with Crippen LogP contribution in [0, 0.1) is 0 Å². The number of benzene rings is 2. The number of carbonyl (C=O) groups is 1. The van der Waals surface area contributed by atoms with Crippen LogP contribution in [0.25, 0.3) is 21.8 Å². The molecule has 4 aromatic rings. The molecule has 0 bridgehead atoms. The number of alkyl halides is 1. The number of rotatable bonds is 7. The number of pyridine rings is 1. The van der Waals surface area contributed by atoms with Crippen molar-refractivity contribution in [2.45, 2.75) is 25.8 Å². The van der Waals surface area contributed by atoms with Gasteiger partial charge in [-0.15, -0.1) is 0 Å². The van der Waals surface area contributed by atoms with Crippen LogP contribution in [0.5, 0.6) is 5.75 Å². The Morgan fingerprint density at radius 3 is 2.61 bits per heavy atom. The highest BCUT2D eigenvalue weighted by Gasteiger charge is 2.18. The third kappa shape index (κ3) is 3.60. The van der Waals surface area contributed by atoms with Crippen molar-refractivity contribution in [3.63, 3.8) is 0 Å². The van der Waals surface area contributed by atoms with E-state index in [2.05, 4.69) is 9.55 Å². The second-order valence-electron chi connectivity index (χ2n) is 6.72. The molecule has 142 valence electrons. The summed E-state index contributed by atoms with van der Waals surface area (Å²) in [5.41, 5.74) is 2.29. The van der Waals surface area contributed by atoms with E-state index in [1.54, 1.807) is 12.3 Å². The molecule has 0 aliphatic carbocycles. The largest absolute Gasteiger partial charge is 0.422 e. The van der Waals surface area contributed by atoms with E-state index in [1.165, 1.54) is 0 Å². The normalized spacial score (nSPS) is 11.2. The Morgan fingerprint density at radius 1 is 0.964 bits per heavy atom. The lowest BCUT2D eigenvalue weighted by Crippen LogP contribution is -2.08. The number of ether oxygens (including phenoxy) is 1. The first kappa shape index (κ1) is 18.2. The fourth-order valence-electron chi connectivity index (χ4n) is 3.46. The topological polar surface area (TPSA) is 44.1 Å². The predicted molar refractivity (Wildman–Crippen MR) is 108 cm³/mol. The number of aryl methyl sites for hydroxylation is 1. The molecule has 4 rings (SSSR count). The summed E-state index contributed by atoms with van der Waals surface area (Å²) in [4.78, 5) is 17.3. The fraction of sp³-hybridized carbons (Fsp3) is 0.217. The molecule has 0 amide bonds. The van der Waals surface area contributed by atoms with Crippen molar-refractivity contribution in [2.24, 2.45) is 0 Å². The van der Waals surface area contributed by atoms with Gasteiger partial charge in [-0.3, -0.25) is 9.37 Å². The summed E-state index contributed by atoms with van der Waals surface area (Å²) < 4.78 is 20.1. The van der Waals surface area contributed by atoms with E-state index < -0.39 is 5.97 Å². The van der Waals surface area contributed by atoms with Gasteiger partial charge in [0.2, 0.25) is 0 Å². The summed E-state index contributed by atoms with van der Waals surface area (Å²) in [5.74, 6) is 0.102. The highest BCUT2D eigenvalue weighted by Crippen LogP contribution is 2.27. The minimum Gasteiger partial charge on any atom is -0.422 e. The van der Waals surface area contributed by atoms with Crippen molar-refractivity contribution < 1.29 is 13.9 Å². The molecule has 2 aromatic carbocycles. The second kappa shape index (κ2) is 8.21. The Hall–Kier alpha value is -3.21. The van der Waals surface area contributed by atoms with Gasteiger partial charge in [-0.25, -0.2) is 4.79 Å². The van der Waals surface area contributed by atoms with Crippen molar-refractivity contribution in [3.05, 3.63) is 72.6 Å². The predicted octanol–water partition coefficient (Wildman–Crippen LogP) is 5.55. The van der Waals surface area contributed by atoms with Crippen LogP contribution < -0.4 is 4.74 Å². The zero-order valence-corrected chi connectivity index (χ0v) is 15.5. The Labute approximate surface area is 162 Å². The van der Waals surface area contributed by atoms with Crippen LogP contribution >= 0.6 is 0 Å². The number of fused-ring (bicyclic) bond motifs is 2. The van der Waals surface area contributed by atoms with Gasteiger partial charge >= 0.3 is 5.97 Å². The lowest BCUT2D eigenvalue weighted by molar-refractivity contribution is 0.0739. The van der Waals surface area contributed by atoms with Crippen molar-refractivity contribution in [3.8, 4) is 5.75 Å². The number of aromatic nitrogens is 2. The van der Waals surface area contributed by atoms with Crippen molar-refractivity contribution in [2.75, 3.05) is 6.67 Å². The molecule has 0 saturated heterocycles. The first-order valence-corrected chi connectivity index (χ1v) is 9.47. The van der Waals surface area contributed by atoms with Gasteiger partial charge < -0.3 is 9.30 Å². The van der Waals surface area contributed by atoms with E-state index in [0.29, 0.717) is 17.7 Å². The highest BCUT2D eigenvalue weighted by atomic mass is 19.1. The van der Waals surface area contributed by atoms with E-state index in [1.807, 2.05) is 54.7 Å². The molecule has 0 aliphatic heterocycles. The third-order valence-electron chi connectivity index (χ3n) is 4.85. The highest BCUT2D eigenvalue weighted by molar-refractivity contribution is 6.05. The number of hydrogen-bond donors (Lipinski definition) is 0. The zero-order chi connectivity index (χ0) is 19.3. The first-order chi connectivity index (χ1) is 13.8. The molecule has 0 unspecified atom stereocenters. The van der Waals surface area contributed by atoms with Crippen LogP contribution in [0.1, 0.15) is 29.6 Å². The molecular formula is C23H21FN2O2. The summed E-state index contributed by atoms with van der Waals surface area (Å²) in [5, 5.41) is 1.66. The molecule has 4 nitrogen and oxygen atoms in total. The second-order valence-corrected chi connectivity index (χ2v) is 6.72. The molecular weight excluding hydrogens is 355 g/mol. The van der Waals surface area contributed by atoms with E-state index in [0.717, 1.165) is 41.2 Å². The smallest absolute Gasteiger partial charge is 0.345 e. The van der Waals surface area contributed by atoms with Gasteiger partial charge in [0.25, 0.3) is 0 Å². The number of halogens is 1. The van der Waals surface area contributed by atoms with Crippen LogP contribution in [0.3, 0.4) is 0 Å². The van der Waals surface area contributed by atoms with Crippen LogP contribution in [0.2, 0.25) is 0 Å². The summed E-state index contributed by atoms with van der Waals surface area (Å²) in [6.45, 7) is 0.454. The quantitative estimate of drug-likeness (QED) is 0.314. The van der Waals surface area contributed by atoms with Gasteiger partial charge in [-0.05, 0) is 43.5 Å². The Kier molecular flexibility index (Phi) is 5.33. The average Bonchev–Trinajstić information content (AvgIpc) is 3.10. The van der Waals surface area contributed by atoms with E-state index >= 15 is 0 Å². The summed E-state index contributed by atoms with van der Waals surface area (Å²) in [7, 11) is 0. The van der Waals surface area contributed by atoms with E-state index in [4.69, 9.17) is 4.74 Å². The van der Waals surface area contributed by atoms with Gasteiger partial charge in [-0.1, -0.05) is 30.3 Å². The zero-order valence-electron chi connectivity index (χ0n) is 15.5. The number of esters is 1. The van der Waals surface area contributed by atoms with Gasteiger partial charge in [0, 0.05) is 35.2 Å². The number of para-hydroxylation sites is 2. The standard InChI is InChI=1S/C23H21FN2O2/c24-13-6-1-7-15-26-16-19(17-8-3-5-11-21(17)26)23(27)28-22-12-14-25-20-10-4-2-9-18(20)22/h2-5,8-12,14,16H,1,6-7,13,15H2. The summed E-state index contributed by atoms with van der Waals surface area (Å²) >= 11 is 0. The van der Waals surface area contributed by atoms with E-state index in [-0.39, 0.29) is 6.67 Å². The van der Waals surface area contributed by atoms with Crippen LogP contribution in [0.4, 0.5) is 4.39 Å². The van der Waals surface area contributed by atoms with Gasteiger partial charge in [0.15, 0.2) is 0 Å². The maximum atomic E-state index is 13.0. The van der Waals surface area contributed by atoms with E-state index in [9.17, 15) is 9.18 Å². The Bertz CT molecular complexity index is 1110. The maximum absolute atomic E-state index is 13.0. The average molecular weight is 376 g/mol. The van der Waals surface area contributed by atoms with Crippen LogP contribution in [-0.4, -0.2) is 22.2 Å². The molecule has 5 heteroatoms. The molecule has 0 saturated carbocycles. The van der Waals surface area contributed by atoms with Crippen LogP contribution in [-0.2, 0) is 6.54 Å². The minimum atomic E-state index is -0.393. The molecule has 0 aliphatic rings. The fourth-order valence-corrected chi connectivity index (χ4v) is 3.46. The van der Waals surface area contributed by atoms with Crippen molar-refractivity contribution in [1.82, 2.24) is 9.55 Å². The van der Waals surface area contributed by atoms with Crippen molar-refractivity contribution in [1.29, 1.82) is 0 Å². The van der Waals surface area contributed by atoms with Gasteiger partial charge in [0.05, 0.1) is 17.8 Å². The minimum absolute atomic E-state index is 0.288. The number of unbranched alkanes of at least 4 members (excludes halogenated alkanes) is 2. The lowest BCUT2D eigenvalue weighted by atomic mass is 10.2. The monoisotopic (exact) mass is 376 g/mol. The Morgan fingerprint density at radius 2 is 1.75 bits per heavy atom. The lowest BCUT2D eigenvalue weighted by Gasteiger charge is -2.06. The summed E-state index contributed by atoms with van der Waals surface area (Å²) in [6, 6.07) is 17.0. The van der Waals surface area contributed by atoms with Gasteiger partial charge in [-0.2, -0.15) is 0 Å². The number of carbonyl (C=O) groups excluding carboxylic acids is 1. The maximum Gasteiger partial charge on any atom is 0.345 e. The van der Waals surface area contributed by atoms with Gasteiger partial charge in [0.1, 0.15) is 5.75 Å². The third-order valence-corrected chi connectivity index (χ3v) is 4.85. The SMILES string of the molecule is O=C(Oc1ccnc2ccccc12)c1cn(CCCCCF)c2ccccc12. The van der Waals surface area contributed by atoms with Crippen LogP contribution in [0.15, 0.2) is 67.0 Å². The number of hydrogen-bond acceptors (Lipinski definition) is 3. The number of nitrogens with zero attached hydrogens (tertiary/aromatic N) is 2. The molecule has 0 N–H and O–H groups in total. The first-order valence-electron chi connectivity index (χ1n) is 9.47. The molecule has 2 heterocycles. The molecule has 0 radical (unpaired) electrons. The molecule has 28 heavy (non-hydrogen) atoms. The Balaban J connectivity index is 1.63.